The van der Waals surface area contributed by atoms with Crippen LogP contribution in [-0.2, 0) is 12.8 Å². The SMILES string of the molecule is CC1(C)CCC2(CCCO)CCC3C(C(O)C=C4C5(C)Cc6cnoc6CC5CCC43C)C2C1. The lowest BCUT2D eigenvalue weighted by molar-refractivity contribution is -0.142. The number of allylic oxidation sites excluding steroid dienone is 1. The van der Waals surface area contributed by atoms with Crippen molar-refractivity contribution in [3.8, 4) is 0 Å². The molecule has 8 unspecified atom stereocenters. The van der Waals surface area contributed by atoms with E-state index < -0.39 is 0 Å². The maximum Gasteiger partial charge on any atom is 0.140 e. The molecule has 3 saturated carbocycles. The molecule has 3 fully saturated rings. The lowest BCUT2D eigenvalue weighted by Gasteiger charge is -2.66. The van der Waals surface area contributed by atoms with Crippen molar-refractivity contribution >= 4 is 0 Å². The molecule has 0 saturated heterocycles. The Balaban J connectivity index is 1.41. The van der Waals surface area contributed by atoms with Crippen LogP contribution in [0.5, 0.6) is 0 Å². The number of nitrogens with zero attached hydrogens (tertiary/aromatic N) is 1. The predicted molar refractivity (Wildman–Crippen MR) is 133 cm³/mol. The molecule has 6 rings (SSSR count). The monoisotopic (exact) mass is 467 g/mol. The molecule has 0 amide bonds. The van der Waals surface area contributed by atoms with E-state index in [9.17, 15) is 10.2 Å². The van der Waals surface area contributed by atoms with Crippen LogP contribution in [-0.4, -0.2) is 28.1 Å². The number of aliphatic hydroxyl groups is 2. The van der Waals surface area contributed by atoms with Crippen LogP contribution in [0.1, 0.15) is 96.8 Å². The molecule has 4 heteroatoms. The van der Waals surface area contributed by atoms with Crippen LogP contribution in [0.4, 0.5) is 0 Å². The highest BCUT2D eigenvalue weighted by molar-refractivity contribution is 5.38. The first-order valence-electron chi connectivity index (χ1n) is 14.1. The van der Waals surface area contributed by atoms with Crippen molar-refractivity contribution in [2.24, 2.45) is 45.3 Å². The summed E-state index contributed by atoms with van der Waals surface area (Å²) in [5.41, 5.74) is 3.75. The number of hydrogen-bond acceptors (Lipinski definition) is 4. The summed E-state index contributed by atoms with van der Waals surface area (Å²) in [5.74, 6) is 3.15. The van der Waals surface area contributed by atoms with Crippen molar-refractivity contribution in [3.05, 3.63) is 29.2 Å². The fraction of sp³-hybridized carbons (Fsp3) is 0.833. The van der Waals surface area contributed by atoms with Gasteiger partial charge in [0, 0.05) is 18.6 Å². The normalized spacial score (nSPS) is 46.9. The Kier molecular flexibility index (Phi) is 5.26. The fourth-order valence-electron chi connectivity index (χ4n) is 10.2. The summed E-state index contributed by atoms with van der Waals surface area (Å²) in [6.45, 7) is 10.2. The molecule has 5 aliphatic carbocycles. The third-order valence-electron chi connectivity index (χ3n) is 12.0. The van der Waals surface area contributed by atoms with Gasteiger partial charge in [0.25, 0.3) is 0 Å². The van der Waals surface area contributed by atoms with Gasteiger partial charge in [0.2, 0.25) is 0 Å². The quantitative estimate of drug-likeness (QED) is 0.527. The Morgan fingerprint density at radius 3 is 2.65 bits per heavy atom. The smallest absolute Gasteiger partial charge is 0.140 e. The van der Waals surface area contributed by atoms with Crippen LogP contribution in [0.15, 0.2) is 22.4 Å². The van der Waals surface area contributed by atoms with E-state index >= 15 is 0 Å². The molecule has 188 valence electrons. The number of rotatable bonds is 3. The van der Waals surface area contributed by atoms with Gasteiger partial charge in [-0.25, -0.2) is 0 Å². The van der Waals surface area contributed by atoms with E-state index in [-0.39, 0.29) is 16.9 Å². The second-order valence-electron chi connectivity index (χ2n) is 14.2. The molecule has 1 heterocycles. The van der Waals surface area contributed by atoms with Gasteiger partial charge in [-0.05, 0) is 110 Å². The Labute approximate surface area is 205 Å². The minimum absolute atomic E-state index is 0.0920. The average molecular weight is 468 g/mol. The minimum Gasteiger partial charge on any atom is -0.396 e. The highest BCUT2D eigenvalue weighted by Crippen LogP contribution is 2.70. The molecule has 0 spiro atoms. The first-order chi connectivity index (χ1) is 16.1. The zero-order valence-electron chi connectivity index (χ0n) is 21.8. The molecule has 2 N–H and O–H groups in total. The van der Waals surface area contributed by atoms with Gasteiger partial charge in [-0.15, -0.1) is 0 Å². The molecule has 1 aromatic heterocycles. The fourth-order valence-corrected chi connectivity index (χ4v) is 10.2. The van der Waals surface area contributed by atoms with E-state index in [0.29, 0.717) is 41.1 Å². The van der Waals surface area contributed by atoms with E-state index in [4.69, 9.17) is 4.52 Å². The van der Waals surface area contributed by atoms with Gasteiger partial charge >= 0.3 is 0 Å². The van der Waals surface area contributed by atoms with E-state index in [2.05, 4.69) is 38.9 Å². The Hall–Kier alpha value is -1.13. The third-order valence-corrected chi connectivity index (χ3v) is 12.0. The summed E-state index contributed by atoms with van der Waals surface area (Å²) in [7, 11) is 0. The van der Waals surface area contributed by atoms with Crippen LogP contribution in [0.3, 0.4) is 0 Å². The van der Waals surface area contributed by atoms with Crippen molar-refractivity contribution in [1.82, 2.24) is 5.16 Å². The molecule has 0 bridgehead atoms. The zero-order valence-corrected chi connectivity index (χ0v) is 21.8. The first-order valence-corrected chi connectivity index (χ1v) is 14.1. The molecular formula is C30H45NO3. The van der Waals surface area contributed by atoms with Crippen LogP contribution >= 0.6 is 0 Å². The number of hydrogen-bond donors (Lipinski definition) is 2. The molecule has 8 atom stereocenters. The molecule has 1 aromatic rings. The second kappa shape index (κ2) is 7.68. The van der Waals surface area contributed by atoms with Crippen molar-refractivity contribution in [2.75, 3.05) is 6.61 Å². The number of aliphatic hydroxyl groups excluding tert-OH is 2. The first kappa shape index (κ1) is 23.3. The van der Waals surface area contributed by atoms with Crippen molar-refractivity contribution in [3.63, 3.8) is 0 Å². The van der Waals surface area contributed by atoms with Gasteiger partial charge in [0.15, 0.2) is 0 Å². The Morgan fingerprint density at radius 2 is 1.85 bits per heavy atom. The van der Waals surface area contributed by atoms with Gasteiger partial charge in [-0.1, -0.05) is 44.5 Å². The zero-order chi connectivity index (χ0) is 23.9. The molecule has 0 aromatic carbocycles. The summed E-state index contributed by atoms with van der Waals surface area (Å²) in [6.07, 6.45) is 16.7. The Bertz CT molecular complexity index is 979. The van der Waals surface area contributed by atoms with Gasteiger partial charge in [-0.2, -0.15) is 0 Å². The van der Waals surface area contributed by atoms with Crippen LogP contribution in [0.25, 0.3) is 0 Å². The largest absolute Gasteiger partial charge is 0.396 e. The summed E-state index contributed by atoms with van der Waals surface area (Å²) in [6, 6.07) is 0. The van der Waals surface area contributed by atoms with Crippen molar-refractivity contribution < 1.29 is 14.7 Å². The van der Waals surface area contributed by atoms with Crippen LogP contribution < -0.4 is 0 Å². The highest BCUT2D eigenvalue weighted by Gasteiger charge is 2.63. The van der Waals surface area contributed by atoms with Gasteiger partial charge in [0.1, 0.15) is 5.76 Å². The molecule has 4 nitrogen and oxygen atoms in total. The van der Waals surface area contributed by atoms with E-state index in [1.807, 2.05) is 6.20 Å². The van der Waals surface area contributed by atoms with Crippen molar-refractivity contribution in [2.45, 2.75) is 104 Å². The van der Waals surface area contributed by atoms with E-state index in [1.165, 1.54) is 50.5 Å². The van der Waals surface area contributed by atoms with Gasteiger partial charge < -0.3 is 14.7 Å². The maximum absolute atomic E-state index is 11.9. The molecule has 5 aliphatic rings. The average Bonchev–Trinajstić information content (AvgIpc) is 3.24. The molecule has 0 radical (unpaired) electrons. The van der Waals surface area contributed by atoms with E-state index in [0.717, 1.165) is 31.4 Å². The third kappa shape index (κ3) is 3.19. The highest BCUT2D eigenvalue weighted by atomic mass is 16.5. The van der Waals surface area contributed by atoms with Gasteiger partial charge in [0.05, 0.1) is 12.3 Å². The van der Waals surface area contributed by atoms with E-state index in [1.54, 1.807) is 5.57 Å². The van der Waals surface area contributed by atoms with Crippen molar-refractivity contribution in [1.29, 1.82) is 0 Å². The summed E-state index contributed by atoms with van der Waals surface area (Å²) < 4.78 is 5.60. The lowest BCUT2D eigenvalue weighted by Crippen LogP contribution is -2.60. The van der Waals surface area contributed by atoms with Crippen LogP contribution in [0, 0.1) is 45.3 Å². The topological polar surface area (TPSA) is 66.5 Å². The molecular weight excluding hydrogens is 422 g/mol. The molecule has 0 aliphatic heterocycles. The minimum atomic E-state index is -0.347. The number of aromatic nitrogens is 1. The Morgan fingerprint density at radius 1 is 1.03 bits per heavy atom. The maximum atomic E-state index is 11.9. The summed E-state index contributed by atoms with van der Waals surface area (Å²) >= 11 is 0. The van der Waals surface area contributed by atoms with Crippen LogP contribution in [0.2, 0.25) is 0 Å². The second-order valence-corrected chi connectivity index (χ2v) is 14.2. The van der Waals surface area contributed by atoms with Gasteiger partial charge in [-0.3, -0.25) is 0 Å². The number of fused-ring (bicyclic) bond motifs is 8. The predicted octanol–water partition coefficient (Wildman–Crippen LogP) is 6.11. The molecule has 34 heavy (non-hydrogen) atoms. The standard InChI is InChI=1S/C30H45NO3/c1-27(2)11-12-30(8-5-13-32)10-7-21-26(22(30)17-27)23(33)15-25-28(21,3)9-6-20-14-24-19(18-31-34-24)16-29(20,25)4/h15,18,20-23,26,32-33H,5-14,16-17H2,1-4H3. The summed E-state index contributed by atoms with van der Waals surface area (Å²) in [4.78, 5) is 0. The summed E-state index contributed by atoms with van der Waals surface area (Å²) in [5, 5.41) is 25.7. The lowest BCUT2D eigenvalue weighted by atomic mass is 9.39.